The van der Waals surface area contributed by atoms with E-state index in [9.17, 15) is 0 Å². The summed E-state index contributed by atoms with van der Waals surface area (Å²) in [5, 5.41) is 3.46. The Morgan fingerprint density at radius 1 is 1.80 bits per heavy atom. The van der Waals surface area contributed by atoms with Gasteiger partial charge < -0.3 is 5.32 Å². The summed E-state index contributed by atoms with van der Waals surface area (Å²) in [6.45, 7) is 5.89. The van der Waals surface area contributed by atoms with Crippen molar-refractivity contribution in [1.82, 2.24) is 5.32 Å². The summed E-state index contributed by atoms with van der Waals surface area (Å²) in [5.41, 5.74) is 0. The molecule has 0 bridgehead atoms. The van der Waals surface area contributed by atoms with E-state index in [1.54, 1.807) is 0 Å². The predicted octanol–water partition coefficient (Wildman–Crippen LogP) is 1.87. The molecule has 0 radical (unpaired) electrons. The minimum Gasteiger partial charge on any atom is -0.307 e. The second kappa shape index (κ2) is 3.57. The Hall–Kier alpha value is -0.560. The van der Waals surface area contributed by atoms with E-state index in [1.807, 2.05) is 6.08 Å². The van der Waals surface area contributed by atoms with Crippen molar-refractivity contribution in [2.24, 2.45) is 0 Å². The van der Waals surface area contributed by atoms with Gasteiger partial charge in [-0.25, -0.2) is 0 Å². The van der Waals surface area contributed by atoms with Crippen molar-refractivity contribution in [3.05, 3.63) is 24.8 Å². The van der Waals surface area contributed by atoms with E-state index >= 15 is 0 Å². The van der Waals surface area contributed by atoms with Crippen molar-refractivity contribution in [3.8, 4) is 0 Å². The Morgan fingerprint density at radius 2 is 2.60 bits per heavy atom. The van der Waals surface area contributed by atoms with E-state index in [0.29, 0.717) is 12.1 Å². The van der Waals surface area contributed by atoms with Crippen LogP contribution in [0.15, 0.2) is 24.8 Å². The molecule has 2 atom stereocenters. The molecule has 1 nitrogen and oxygen atoms in total. The summed E-state index contributed by atoms with van der Waals surface area (Å²) in [5.74, 6) is 0. The SMILES string of the molecule is C=CC[C@@H]1CC=C[C@H](C)N1. The molecule has 0 fully saturated rings. The molecule has 0 aromatic rings. The zero-order valence-corrected chi connectivity index (χ0v) is 6.51. The third-order valence-corrected chi connectivity index (χ3v) is 1.80. The Labute approximate surface area is 62.8 Å². The molecule has 0 unspecified atom stereocenters. The average molecular weight is 137 g/mol. The van der Waals surface area contributed by atoms with Gasteiger partial charge in [0, 0.05) is 12.1 Å². The predicted molar refractivity (Wildman–Crippen MR) is 45.0 cm³/mol. The first-order valence-corrected chi connectivity index (χ1v) is 3.86. The fourth-order valence-electron chi connectivity index (χ4n) is 1.31. The molecule has 1 N–H and O–H groups in total. The van der Waals surface area contributed by atoms with Gasteiger partial charge in [-0.05, 0) is 19.8 Å². The van der Waals surface area contributed by atoms with Gasteiger partial charge in [-0.15, -0.1) is 6.58 Å². The fraction of sp³-hybridized carbons (Fsp3) is 0.556. The highest BCUT2D eigenvalue weighted by atomic mass is 14.9. The summed E-state index contributed by atoms with van der Waals surface area (Å²) in [6, 6.07) is 1.16. The molecule has 1 aliphatic heterocycles. The van der Waals surface area contributed by atoms with Crippen molar-refractivity contribution < 1.29 is 0 Å². The van der Waals surface area contributed by atoms with Gasteiger partial charge >= 0.3 is 0 Å². The van der Waals surface area contributed by atoms with Crippen LogP contribution >= 0.6 is 0 Å². The topological polar surface area (TPSA) is 12.0 Å². The van der Waals surface area contributed by atoms with Crippen LogP contribution < -0.4 is 5.32 Å². The van der Waals surface area contributed by atoms with Gasteiger partial charge in [0.2, 0.25) is 0 Å². The van der Waals surface area contributed by atoms with Crippen LogP contribution in [0.4, 0.5) is 0 Å². The Kier molecular flexibility index (Phi) is 2.69. The van der Waals surface area contributed by atoms with Gasteiger partial charge in [0.1, 0.15) is 0 Å². The number of hydrogen-bond donors (Lipinski definition) is 1. The number of hydrogen-bond acceptors (Lipinski definition) is 1. The summed E-state index contributed by atoms with van der Waals surface area (Å²) in [6.07, 6.45) is 8.66. The lowest BCUT2D eigenvalue weighted by molar-refractivity contribution is 0.472. The first-order chi connectivity index (χ1) is 4.83. The zero-order chi connectivity index (χ0) is 7.40. The van der Waals surface area contributed by atoms with Crippen LogP contribution in [0.3, 0.4) is 0 Å². The van der Waals surface area contributed by atoms with Gasteiger partial charge in [0.25, 0.3) is 0 Å². The first-order valence-electron chi connectivity index (χ1n) is 3.86. The molecule has 0 saturated carbocycles. The van der Waals surface area contributed by atoms with E-state index in [0.717, 1.165) is 12.8 Å². The third-order valence-electron chi connectivity index (χ3n) is 1.80. The molecule has 0 aliphatic carbocycles. The highest BCUT2D eigenvalue weighted by Gasteiger charge is 2.10. The van der Waals surface area contributed by atoms with Crippen molar-refractivity contribution in [2.75, 3.05) is 0 Å². The second-order valence-corrected chi connectivity index (χ2v) is 2.84. The standard InChI is InChI=1S/C9H15N/c1-3-5-9-7-4-6-8(2)10-9/h3-4,6,8-10H,1,5,7H2,2H3/t8-,9+/m0/s1. The maximum Gasteiger partial charge on any atom is 0.0224 e. The maximum absolute atomic E-state index is 3.72. The molecule has 1 rings (SSSR count). The summed E-state index contributed by atoms with van der Waals surface area (Å²) < 4.78 is 0. The lowest BCUT2D eigenvalue weighted by Crippen LogP contribution is -2.37. The molecule has 1 heterocycles. The van der Waals surface area contributed by atoms with E-state index < -0.39 is 0 Å². The highest BCUT2D eigenvalue weighted by molar-refractivity contribution is 5.00. The molecule has 0 saturated heterocycles. The van der Waals surface area contributed by atoms with Gasteiger partial charge in [-0.2, -0.15) is 0 Å². The molecular weight excluding hydrogens is 122 g/mol. The molecular formula is C9H15N. The number of rotatable bonds is 2. The minimum atomic E-state index is 0.540. The maximum atomic E-state index is 3.72. The largest absolute Gasteiger partial charge is 0.307 e. The Morgan fingerprint density at radius 3 is 3.20 bits per heavy atom. The molecule has 0 amide bonds. The van der Waals surface area contributed by atoms with Crippen LogP contribution in [0.5, 0.6) is 0 Å². The van der Waals surface area contributed by atoms with Crippen LogP contribution in [0.1, 0.15) is 19.8 Å². The molecule has 0 spiro atoms. The van der Waals surface area contributed by atoms with E-state index in [4.69, 9.17) is 0 Å². The van der Waals surface area contributed by atoms with Gasteiger partial charge in [0.15, 0.2) is 0 Å². The molecule has 0 aromatic carbocycles. The zero-order valence-electron chi connectivity index (χ0n) is 6.51. The Balaban J connectivity index is 2.36. The smallest absolute Gasteiger partial charge is 0.0224 e. The van der Waals surface area contributed by atoms with Crippen LogP contribution in [0, 0.1) is 0 Å². The van der Waals surface area contributed by atoms with Gasteiger partial charge in [-0.1, -0.05) is 18.2 Å². The number of nitrogens with one attached hydrogen (secondary N) is 1. The minimum absolute atomic E-state index is 0.540. The average Bonchev–Trinajstić information content (AvgIpc) is 1.88. The van der Waals surface area contributed by atoms with E-state index in [2.05, 4.69) is 31.0 Å². The van der Waals surface area contributed by atoms with Gasteiger partial charge in [0.05, 0.1) is 0 Å². The summed E-state index contributed by atoms with van der Waals surface area (Å²) in [4.78, 5) is 0. The Bertz CT molecular complexity index is 138. The van der Waals surface area contributed by atoms with Crippen molar-refractivity contribution in [3.63, 3.8) is 0 Å². The lowest BCUT2D eigenvalue weighted by Gasteiger charge is -2.23. The quantitative estimate of drug-likeness (QED) is 0.573. The van der Waals surface area contributed by atoms with Gasteiger partial charge in [-0.3, -0.25) is 0 Å². The van der Waals surface area contributed by atoms with Crippen LogP contribution in [-0.4, -0.2) is 12.1 Å². The molecule has 1 aliphatic rings. The van der Waals surface area contributed by atoms with Crippen molar-refractivity contribution in [2.45, 2.75) is 31.8 Å². The van der Waals surface area contributed by atoms with E-state index in [-0.39, 0.29) is 0 Å². The summed E-state index contributed by atoms with van der Waals surface area (Å²) in [7, 11) is 0. The normalized spacial score (nSPS) is 32.1. The fourth-order valence-corrected chi connectivity index (χ4v) is 1.31. The second-order valence-electron chi connectivity index (χ2n) is 2.84. The van der Waals surface area contributed by atoms with Crippen LogP contribution in [-0.2, 0) is 0 Å². The van der Waals surface area contributed by atoms with E-state index in [1.165, 1.54) is 0 Å². The van der Waals surface area contributed by atoms with Crippen LogP contribution in [0.25, 0.3) is 0 Å². The van der Waals surface area contributed by atoms with Crippen molar-refractivity contribution in [1.29, 1.82) is 0 Å². The monoisotopic (exact) mass is 137 g/mol. The molecule has 56 valence electrons. The molecule has 10 heavy (non-hydrogen) atoms. The highest BCUT2D eigenvalue weighted by Crippen LogP contribution is 2.07. The van der Waals surface area contributed by atoms with Crippen molar-refractivity contribution >= 4 is 0 Å². The van der Waals surface area contributed by atoms with Crippen LogP contribution in [0.2, 0.25) is 0 Å². The lowest BCUT2D eigenvalue weighted by atomic mass is 10.0. The molecule has 0 aromatic heterocycles. The third kappa shape index (κ3) is 1.99. The molecule has 1 heteroatoms. The summed E-state index contributed by atoms with van der Waals surface area (Å²) >= 11 is 0. The first kappa shape index (κ1) is 7.55.